The standard InChI is InChI=1S/C90H61N7/c1-60-28-14-15-37-69(60)87-86(61-50-52-66(53-51-61)94-84-56-54-67(92(62-29-6-2-7-30-62)63-31-8-3-9-32-63)58-76(84)77-59-68(55-57-85(77)94)93(64-33-10-4-11-34-64)65-35-12-5-13-36-65)89(96-80-46-24-18-40-72(80)73-41-19-25-47-81(73)96)91-90(97-82-48-26-20-42-74(82)75-43-21-27-49-83(75)97)88(87)95-78-44-22-16-38-70(78)71-39-17-23-45-79(71)95/h2-59H,1H3. The maximum atomic E-state index is 6.40. The summed E-state index contributed by atoms with van der Waals surface area (Å²) in [4.78, 5) is 11.1. The molecule has 0 aliphatic carbocycles. The van der Waals surface area contributed by atoms with E-state index >= 15 is 0 Å². The zero-order chi connectivity index (χ0) is 64.1. The van der Waals surface area contributed by atoms with E-state index in [1.54, 1.807) is 0 Å². The fourth-order valence-corrected chi connectivity index (χ4v) is 15.5. The van der Waals surface area contributed by atoms with E-state index in [4.69, 9.17) is 4.98 Å². The van der Waals surface area contributed by atoms with Crippen molar-refractivity contribution in [2.24, 2.45) is 0 Å². The second-order valence-corrected chi connectivity index (χ2v) is 25.1. The van der Waals surface area contributed by atoms with Gasteiger partial charge in [0, 0.05) is 94.0 Å². The number of rotatable bonds is 12. The molecule has 97 heavy (non-hydrogen) atoms. The third kappa shape index (κ3) is 8.86. The van der Waals surface area contributed by atoms with Crippen molar-refractivity contribution in [2.75, 3.05) is 9.80 Å². The quantitative estimate of drug-likeness (QED) is 0.122. The van der Waals surface area contributed by atoms with E-state index in [0.29, 0.717) is 0 Å². The Morgan fingerprint density at radius 3 is 0.938 bits per heavy atom. The van der Waals surface area contributed by atoms with Crippen molar-refractivity contribution in [3.8, 4) is 45.3 Å². The Balaban J connectivity index is 0.925. The lowest BCUT2D eigenvalue weighted by atomic mass is 9.90. The van der Waals surface area contributed by atoms with Crippen molar-refractivity contribution in [1.29, 1.82) is 0 Å². The average molecular weight is 1240 g/mol. The first-order valence-corrected chi connectivity index (χ1v) is 33.2. The zero-order valence-electron chi connectivity index (χ0n) is 53.1. The van der Waals surface area contributed by atoms with Crippen LogP contribution in [0.1, 0.15) is 5.56 Å². The molecule has 0 aliphatic heterocycles. The van der Waals surface area contributed by atoms with Crippen LogP contribution in [0, 0.1) is 6.92 Å². The Morgan fingerprint density at radius 1 is 0.237 bits per heavy atom. The van der Waals surface area contributed by atoms with Crippen LogP contribution in [0.15, 0.2) is 352 Å². The Kier molecular flexibility index (Phi) is 13.0. The minimum Gasteiger partial charge on any atom is -0.310 e. The molecule has 5 aromatic heterocycles. The maximum Gasteiger partial charge on any atom is 0.165 e. The molecule has 7 heteroatoms. The summed E-state index contributed by atoms with van der Waals surface area (Å²) in [5.41, 5.74) is 22.5. The maximum absolute atomic E-state index is 6.40. The molecule has 19 aromatic rings. The molecule has 0 amide bonds. The van der Waals surface area contributed by atoms with Crippen molar-refractivity contribution >= 4 is 121 Å². The van der Waals surface area contributed by atoms with Crippen LogP contribution < -0.4 is 9.80 Å². The van der Waals surface area contributed by atoms with Crippen LogP contribution in [0.5, 0.6) is 0 Å². The van der Waals surface area contributed by atoms with Crippen LogP contribution in [-0.2, 0) is 0 Å². The number of nitrogens with zero attached hydrogens (tertiary/aromatic N) is 7. The number of aryl methyl sites for hydroxylation is 1. The summed E-state index contributed by atoms with van der Waals surface area (Å²) in [6.45, 7) is 2.26. The first kappa shape index (κ1) is 55.6. The number of para-hydroxylation sites is 10. The van der Waals surface area contributed by atoms with Crippen molar-refractivity contribution in [3.05, 3.63) is 357 Å². The van der Waals surface area contributed by atoms with Gasteiger partial charge in [-0.3, -0.25) is 9.13 Å². The molecule has 0 bridgehead atoms. The minimum absolute atomic E-state index is 0.819. The van der Waals surface area contributed by atoms with Gasteiger partial charge in [-0.25, -0.2) is 4.98 Å². The second kappa shape index (κ2) is 22.7. The molecule has 0 radical (unpaired) electrons. The number of fused-ring (bicyclic) bond motifs is 12. The number of hydrogen-bond donors (Lipinski definition) is 0. The molecule has 19 rings (SSSR count). The van der Waals surface area contributed by atoms with Gasteiger partial charge in [-0.1, -0.05) is 218 Å². The summed E-state index contributed by atoms with van der Waals surface area (Å²) in [6.07, 6.45) is 0. The van der Waals surface area contributed by atoms with Crippen molar-refractivity contribution in [3.63, 3.8) is 0 Å². The lowest BCUT2D eigenvalue weighted by Crippen LogP contribution is -2.14. The van der Waals surface area contributed by atoms with E-state index in [0.717, 1.165) is 161 Å². The van der Waals surface area contributed by atoms with E-state index < -0.39 is 0 Å². The number of hydrogen-bond acceptors (Lipinski definition) is 3. The highest BCUT2D eigenvalue weighted by molar-refractivity contribution is 6.16. The van der Waals surface area contributed by atoms with Crippen LogP contribution in [0.25, 0.3) is 132 Å². The smallest absolute Gasteiger partial charge is 0.165 e. The van der Waals surface area contributed by atoms with Gasteiger partial charge in [0.15, 0.2) is 5.82 Å². The van der Waals surface area contributed by atoms with Crippen molar-refractivity contribution < 1.29 is 0 Å². The Morgan fingerprint density at radius 2 is 0.557 bits per heavy atom. The highest BCUT2D eigenvalue weighted by Crippen LogP contribution is 2.51. The summed E-state index contributed by atoms with van der Waals surface area (Å²) < 4.78 is 9.84. The third-order valence-corrected chi connectivity index (χ3v) is 19.7. The van der Waals surface area contributed by atoms with Gasteiger partial charge >= 0.3 is 0 Å². The van der Waals surface area contributed by atoms with Gasteiger partial charge in [-0.15, -0.1) is 0 Å². The first-order valence-electron chi connectivity index (χ1n) is 33.2. The molecule has 7 nitrogen and oxygen atoms in total. The normalized spacial score (nSPS) is 11.8. The zero-order valence-corrected chi connectivity index (χ0v) is 53.1. The van der Waals surface area contributed by atoms with E-state index in [-0.39, 0.29) is 0 Å². The molecule has 5 heterocycles. The van der Waals surface area contributed by atoms with Crippen LogP contribution >= 0.6 is 0 Å². The van der Waals surface area contributed by atoms with Crippen LogP contribution in [-0.4, -0.2) is 23.3 Å². The van der Waals surface area contributed by atoms with Crippen molar-refractivity contribution in [1.82, 2.24) is 23.3 Å². The van der Waals surface area contributed by atoms with Crippen molar-refractivity contribution in [2.45, 2.75) is 6.92 Å². The van der Waals surface area contributed by atoms with Gasteiger partial charge in [0.25, 0.3) is 0 Å². The molecule has 0 N–H and O–H groups in total. The van der Waals surface area contributed by atoms with Crippen LogP contribution in [0.4, 0.5) is 34.1 Å². The van der Waals surface area contributed by atoms with E-state index in [1.807, 2.05) is 0 Å². The largest absolute Gasteiger partial charge is 0.310 e. The lowest BCUT2D eigenvalue weighted by Gasteiger charge is -2.26. The van der Waals surface area contributed by atoms with Gasteiger partial charge in [0.1, 0.15) is 5.82 Å². The first-order chi connectivity index (χ1) is 48.1. The molecular weight excluding hydrogens is 1180 g/mol. The summed E-state index contributed by atoms with van der Waals surface area (Å²) in [5, 5.41) is 9.25. The second-order valence-electron chi connectivity index (χ2n) is 25.1. The Bertz CT molecular complexity index is 5880. The number of pyridine rings is 1. The molecule has 0 aliphatic rings. The van der Waals surface area contributed by atoms with Gasteiger partial charge in [-0.05, 0) is 157 Å². The monoisotopic (exact) mass is 1240 g/mol. The highest BCUT2D eigenvalue weighted by Gasteiger charge is 2.32. The molecule has 0 atom stereocenters. The molecule has 456 valence electrons. The molecular formula is C90H61N7. The summed E-state index contributed by atoms with van der Waals surface area (Å²) >= 11 is 0. The molecule has 0 spiro atoms. The van der Waals surface area contributed by atoms with Crippen LogP contribution in [0.2, 0.25) is 0 Å². The summed E-state index contributed by atoms with van der Waals surface area (Å²) in [5.74, 6) is 1.64. The van der Waals surface area contributed by atoms with Crippen LogP contribution in [0.3, 0.4) is 0 Å². The fourth-order valence-electron chi connectivity index (χ4n) is 15.5. The van der Waals surface area contributed by atoms with Gasteiger partial charge in [0.05, 0.1) is 49.8 Å². The fraction of sp³-hybridized carbons (Fsp3) is 0.0111. The predicted octanol–water partition coefficient (Wildman–Crippen LogP) is 24.1. The molecule has 0 saturated heterocycles. The SMILES string of the molecule is Cc1ccccc1-c1c(-c2ccc(-n3c4ccc(N(c5ccccc5)c5ccccc5)cc4c4cc(N(c5ccccc5)c5ccccc5)ccc43)cc2)c(-n2c3ccccc3c3ccccc32)nc(-n2c3ccccc3c3ccccc32)c1-n1c2ccccc2c2ccccc21. The van der Waals surface area contributed by atoms with Gasteiger partial charge in [0.2, 0.25) is 0 Å². The minimum atomic E-state index is 0.819. The molecule has 0 saturated carbocycles. The molecule has 14 aromatic carbocycles. The molecule has 0 fully saturated rings. The van der Waals surface area contributed by atoms with Gasteiger partial charge in [-0.2, -0.15) is 0 Å². The average Bonchev–Trinajstić information content (AvgIpc) is 1.62. The lowest BCUT2D eigenvalue weighted by molar-refractivity contribution is 0.986. The molecule has 0 unspecified atom stereocenters. The number of aromatic nitrogens is 5. The number of anilines is 6. The third-order valence-electron chi connectivity index (χ3n) is 19.7. The van der Waals surface area contributed by atoms with E-state index in [9.17, 15) is 0 Å². The topological polar surface area (TPSA) is 39.1 Å². The van der Waals surface area contributed by atoms with Gasteiger partial charge < -0.3 is 18.9 Å². The summed E-state index contributed by atoms with van der Waals surface area (Å²) in [7, 11) is 0. The Labute approximate surface area is 560 Å². The van der Waals surface area contributed by atoms with E-state index in [2.05, 4.69) is 387 Å². The summed E-state index contributed by atoms with van der Waals surface area (Å²) in [6, 6.07) is 128. The van der Waals surface area contributed by atoms with E-state index in [1.165, 1.54) is 10.8 Å². The highest BCUT2D eigenvalue weighted by atomic mass is 15.2. The Hall–Kier alpha value is -13.0. The predicted molar refractivity (Wildman–Crippen MR) is 407 cm³/mol. The number of benzene rings is 14.